The summed E-state index contributed by atoms with van der Waals surface area (Å²) in [6.07, 6.45) is 6.07. The highest BCUT2D eigenvalue weighted by Crippen LogP contribution is 2.01. The summed E-state index contributed by atoms with van der Waals surface area (Å²) in [4.78, 5) is 28.7. The van der Waals surface area contributed by atoms with E-state index >= 15 is 0 Å². The van der Waals surface area contributed by atoms with Gasteiger partial charge in [0.1, 0.15) is 0 Å². The van der Waals surface area contributed by atoms with Gasteiger partial charge in [-0.05, 0) is 0 Å². The Balaban J connectivity index is 1.80. The second kappa shape index (κ2) is 5.47. The lowest BCUT2D eigenvalue weighted by Crippen LogP contribution is -2.34. The summed E-state index contributed by atoms with van der Waals surface area (Å²) >= 11 is 0. The molecule has 17 heavy (non-hydrogen) atoms. The average Bonchev–Trinajstić information content (AvgIpc) is 2.74. The smallest absolute Gasteiger partial charge is 0.224 e. The molecule has 0 saturated carbocycles. The summed E-state index contributed by atoms with van der Waals surface area (Å²) in [6, 6.07) is 0. The Labute approximate surface area is 99.6 Å². The number of rotatable bonds is 3. The lowest BCUT2D eigenvalue weighted by atomic mass is 10.3. The van der Waals surface area contributed by atoms with E-state index in [1.54, 1.807) is 17.4 Å². The zero-order chi connectivity index (χ0) is 12.1. The van der Waals surface area contributed by atoms with E-state index in [1.165, 1.54) is 0 Å². The maximum Gasteiger partial charge on any atom is 0.224 e. The molecule has 1 N–H and O–H groups in total. The number of nitrogens with one attached hydrogen (secondary N) is 1. The third-order valence-corrected chi connectivity index (χ3v) is 2.81. The van der Waals surface area contributed by atoms with Gasteiger partial charge in [-0.25, -0.2) is 4.98 Å². The summed E-state index contributed by atoms with van der Waals surface area (Å²) in [5, 5.41) is 2.75. The molecule has 0 radical (unpaired) electrons. The first-order valence-corrected chi connectivity index (χ1v) is 5.76. The topological polar surface area (TPSA) is 67.2 Å². The van der Waals surface area contributed by atoms with Crippen molar-refractivity contribution in [2.75, 3.05) is 19.6 Å². The molecule has 1 saturated heterocycles. The second-order valence-electron chi connectivity index (χ2n) is 4.03. The number of carbonyl (C=O) groups is 2. The lowest BCUT2D eigenvalue weighted by Gasteiger charge is -2.19. The van der Waals surface area contributed by atoms with Crippen LogP contribution in [-0.2, 0) is 16.1 Å². The molecule has 0 atom stereocenters. The molecule has 0 aromatic carbocycles. The largest absolute Gasteiger partial charge is 0.354 e. The maximum atomic E-state index is 11.9. The highest BCUT2D eigenvalue weighted by molar-refractivity contribution is 5.80. The van der Waals surface area contributed by atoms with E-state index in [2.05, 4.69) is 10.3 Å². The first kappa shape index (κ1) is 11.6. The molecule has 1 fully saturated rings. The third-order valence-electron chi connectivity index (χ3n) is 2.81. The van der Waals surface area contributed by atoms with Crippen LogP contribution in [0.25, 0.3) is 0 Å². The van der Waals surface area contributed by atoms with Crippen LogP contribution in [0.2, 0.25) is 0 Å². The van der Waals surface area contributed by atoms with E-state index in [0.717, 1.165) is 0 Å². The van der Waals surface area contributed by atoms with Crippen molar-refractivity contribution in [1.29, 1.82) is 0 Å². The van der Waals surface area contributed by atoms with Gasteiger partial charge in [-0.15, -0.1) is 0 Å². The van der Waals surface area contributed by atoms with Gasteiger partial charge < -0.3 is 14.8 Å². The quantitative estimate of drug-likeness (QED) is 0.778. The Morgan fingerprint density at radius 3 is 3.12 bits per heavy atom. The molecular formula is C11H16N4O2. The number of hydrogen-bond acceptors (Lipinski definition) is 3. The summed E-state index contributed by atoms with van der Waals surface area (Å²) in [5.41, 5.74) is 0. The molecule has 0 spiro atoms. The first-order chi connectivity index (χ1) is 8.25. The minimum absolute atomic E-state index is 0.0231. The second-order valence-corrected chi connectivity index (χ2v) is 4.03. The number of hydrogen-bond donors (Lipinski definition) is 1. The van der Waals surface area contributed by atoms with Crippen LogP contribution in [0.1, 0.15) is 12.8 Å². The number of aryl methyl sites for hydroxylation is 1. The molecule has 2 amide bonds. The van der Waals surface area contributed by atoms with Crippen LogP contribution in [0.15, 0.2) is 18.7 Å². The molecule has 2 heterocycles. The predicted octanol–water partition coefficient (Wildman–Crippen LogP) is -0.378. The van der Waals surface area contributed by atoms with Crippen molar-refractivity contribution in [2.45, 2.75) is 19.4 Å². The van der Waals surface area contributed by atoms with Crippen molar-refractivity contribution in [1.82, 2.24) is 19.8 Å². The maximum absolute atomic E-state index is 11.9. The molecule has 0 aliphatic carbocycles. The summed E-state index contributed by atoms with van der Waals surface area (Å²) in [6.45, 7) is 2.31. The fourth-order valence-corrected chi connectivity index (χ4v) is 1.82. The van der Waals surface area contributed by atoms with Crippen LogP contribution >= 0.6 is 0 Å². The van der Waals surface area contributed by atoms with Crippen LogP contribution in [0.4, 0.5) is 0 Å². The van der Waals surface area contributed by atoms with E-state index in [9.17, 15) is 9.59 Å². The predicted molar refractivity (Wildman–Crippen MR) is 61.1 cm³/mol. The molecule has 0 bridgehead atoms. The van der Waals surface area contributed by atoms with Crippen molar-refractivity contribution < 1.29 is 9.59 Å². The van der Waals surface area contributed by atoms with Gasteiger partial charge in [0.2, 0.25) is 11.8 Å². The van der Waals surface area contributed by atoms with Gasteiger partial charge in [-0.3, -0.25) is 9.59 Å². The number of carbonyl (C=O) groups excluding carboxylic acids is 2. The number of imidazole rings is 1. The fraction of sp³-hybridized carbons (Fsp3) is 0.545. The SMILES string of the molecule is O=C1CCN(C(=O)CCn2ccnc2)CCN1. The molecule has 1 aliphatic rings. The zero-order valence-corrected chi connectivity index (χ0v) is 9.63. The van der Waals surface area contributed by atoms with E-state index < -0.39 is 0 Å². The molecule has 6 heteroatoms. The van der Waals surface area contributed by atoms with Crippen molar-refractivity contribution in [3.8, 4) is 0 Å². The van der Waals surface area contributed by atoms with Crippen LogP contribution in [0, 0.1) is 0 Å². The van der Waals surface area contributed by atoms with E-state index in [1.807, 2.05) is 10.8 Å². The van der Waals surface area contributed by atoms with Gasteiger partial charge in [0.15, 0.2) is 0 Å². The number of aromatic nitrogens is 2. The van der Waals surface area contributed by atoms with E-state index in [4.69, 9.17) is 0 Å². The van der Waals surface area contributed by atoms with Crippen LogP contribution < -0.4 is 5.32 Å². The van der Waals surface area contributed by atoms with Crippen molar-refractivity contribution in [3.63, 3.8) is 0 Å². The molecule has 6 nitrogen and oxygen atoms in total. The van der Waals surface area contributed by atoms with Gasteiger partial charge >= 0.3 is 0 Å². The summed E-state index contributed by atoms with van der Waals surface area (Å²) in [7, 11) is 0. The van der Waals surface area contributed by atoms with Gasteiger partial charge in [0, 0.05) is 51.4 Å². The van der Waals surface area contributed by atoms with Crippen LogP contribution in [0.3, 0.4) is 0 Å². The Bertz CT molecular complexity index is 388. The Morgan fingerprint density at radius 2 is 2.35 bits per heavy atom. The third kappa shape index (κ3) is 3.30. The standard InChI is InChI=1S/C11H16N4O2/c16-10-1-6-15(8-4-13-10)11(17)2-5-14-7-3-12-9-14/h3,7,9H,1-2,4-6,8H2,(H,13,16). The Hall–Kier alpha value is -1.85. The molecule has 1 aliphatic heterocycles. The monoisotopic (exact) mass is 236 g/mol. The number of nitrogens with zero attached hydrogens (tertiary/aromatic N) is 3. The summed E-state index contributed by atoms with van der Waals surface area (Å²) < 4.78 is 1.87. The minimum atomic E-state index is 0.0231. The van der Waals surface area contributed by atoms with Gasteiger partial charge in [-0.2, -0.15) is 0 Å². The average molecular weight is 236 g/mol. The van der Waals surface area contributed by atoms with Crippen LogP contribution in [0.5, 0.6) is 0 Å². The molecule has 1 aromatic heterocycles. The molecular weight excluding hydrogens is 220 g/mol. The van der Waals surface area contributed by atoms with Crippen molar-refractivity contribution in [3.05, 3.63) is 18.7 Å². The Kier molecular flexibility index (Phi) is 3.74. The lowest BCUT2D eigenvalue weighted by molar-refractivity contribution is -0.131. The normalized spacial score (nSPS) is 16.5. The first-order valence-electron chi connectivity index (χ1n) is 5.76. The van der Waals surface area contributed by atoms with Gasteiger partial charge in [0.05, 0.1) is 6.33 Å². The molecule has 2 rings (SSSR count). The van der Waals surface area contributed by atoms with E-state index in [-0.39, 0.29) is 11.8 Å². The number of amides is 2. The van der Waals surface area contributed by atoms with Crippen molar-refractivity contribution >= 4 is 11.8 Å². The van der Waals surface area contributed by atoms with Gasteiger partial charge in [-0.1, -0.05) is 0 Å². The van der Waals surface area contributed by atoms with Crippen molar-refractivity contribution in [2.24, 2.45) is 0 Å². The highest BCUT2D eigenvalue weighted by Gasteiger charge is 2.17. The molecule has 92 valence electrons. The fourth-order valence-electron chi connectivity index (χ4n) is 1.82. The molecule has 1 aromatic rings. The molecule has 0 unspecified atom stereocenters. The zero-order valence-electron chi connectivity index (χ0n) is 9.63. The van der Waals surface area contributed by atoms with E-state index in [0.29, 0.717) is 39.0 Å². The summed E-state index contributed by atoms with van der Waals surface area (Å²) in [5.74, 6) is 0.116. The Morgan fingerprint density at radius 1 is 1.47 bits per heavy atom. The minimum Gasteiger partial charge on any atom is -0.354 e. The highest BCUT2D eigenvalue weighted by atomic mass is 16.2. The van der Waals surface area contributed by atoms with Crippen LogP contribution in [-0.4, -0.2) is 45.9 Å². The van der Waals surface area contributed by atoms with Gasteiger partial charge in [0.25, 0.3) is 0 Å².